The van der Waals surface area contributed by atoms with E-state index in [4.69, 9.17) is 4.74 Å². The van der Waals surface area contributed by atoms with Crippen LogP contribution in [0.15, 0.2) is 48.5 Å². The van der Waals surface area contributed by atoms with Gasteiger partial charge in [-0.2, -0.15) is 0 Å². The molecule has 0 heterocycles. The first-order valence-electron chi connectivity index (χ1n) is 8.66. The van der Waals surface area contributed by atoms with Gasteiger partial charge in [-0.25, -0.2) is 0 Å². The number of hydrazine groups is 1. The zero-order valence-electron chi connectivity index (χ0n) is 15.4. The molecule has 7 heteroatoms. The molecular weight excluding hydrogens is 346 g/mol. The maximum atomic E-state index is 12.0. The molecule has 0 saturated carbocycles. The van der Waals surface area contributed by atoms with Gasteiger partial charge < -0.3 is 10.1 Å². The summed E-state index contributed by atoms with van der Waals surface area (Å²) in [4.78, 5) is 35.3. The summed E-state index contributed by atoms with van der Waals surface area (Å²) < 4.78 is 5.33. The Morgan fingerprint density at radius 2 is 1.56 bits per heavy atom. The fraction of sp³-hybridized carbons (Fsp3) is 0.250. The van der Waals surface area contributed by atoms with Gasteiger partial charge in [0.1, 0.15) is 5.75 Å². The number of aryl methyl sites for hydroxylation is 1. The molecular formula is C20H23N3O4. The molecule has 0 radical (unpaired) electrons. The van der Waals surface area contributed by atoms with E-state index in [1.165, 1.54) is 0 Å². The molecule has 0 aromatic heterocycles. The molecule has 0 atom stereocenters. The van der Waals surface area contributed by atoms with Gasteiger partial charge in [0.05, 0.1) is 0 Å². The van der Waals surface area contributed by atoms with Crippen LogP contribution in [0.1, 0.15) is 35.7 Å². The lowest BCUT2D eigenvalue weighted by molar-refractivity contribution is -0.123. The molecule has 0 bridgehead atoms. The summed E-state index contributed by atoms with van der Waals surface area (Å²) in [7, 11) is 0. The summed E-state index contributed by atoms with van der Waals surface area (Å²) in [5, 5.41) is 2.74. The predicted octanol–water partition coefficient (Wildman–Crippen LogP) is 2.57. The SMILES string of the molecule is CCCC(=O)Nc1ccc(C(=O)NNC(=O)COc2ccc(C)cc2)cc1. The third-order valence-electron chi connectivity index (χ3n) is 3.61. The van der Waals surface area contributed by atoms with Crippen molar-refractivity contribution < 1.29 is 19.1 Å². The first-order valence-corrected chi connectivity index (χ1v) is 8.66. The van der Waals surface area contributed by atoms with Crippen molar-refractivity contribution in [2.24, 2.45) is 0 Å². The van der Waals surface area contributed by atoms with E-state index in [0.717, 1.165) is 12.0 Å². The zero-order chi connectivity index (χ0) is 19.6. The van der Waals surface area contributed by atoms with Crippen molar-refractivity contribution in [1.29, 1.82) is 0 Å². The molecule has 2 rings (SSSR count). The van der Waals surface area contributed by atoms with Crippen LogP contribution in [-0.2, 0) is 9.59 Å². The number of rotatable bonds is 7. The fourth-order valence-corrected chi connectivity index (χ4v) is 2.17. The van der Waals surface area contributed by atoms with Gasteiger partial charge >= 0.3 is 0 Å². The first-order chi connectivity index (χ1) is 13.0. The topological polar surface area (TPSA) is 96.5 Å². The highest BCUT2D eigenvalue weighted by Gasteiger charge is 2.09. The smallest absolute Gasteiger partial charge is 0.276 e. The minimum Gasteiger partial charge on any atom is -0.484 e. The van der Waals surface area contributed by atoms with E-state index in [2.05, 4.69) is 16.2 Å². The molecule has 0 spiro atoms. The normalized spacial score (nSPS) is 10.0. The number of anilines is 1. The van der Waals surface area contributed by atoms with Crippen LogP contribution in [0.4, 0.5) is 5.69 Å². The highest BCUT2D eigenvalue weighted by atomic mass is 16.5. The third-order valence-corrected chi connectivity index (χ3v) is 3.61. The molecule has 3 N–H and O–H groups in total. The van der Waals surface area contributed by atoms with Crippen LogP contribution >= 0.6 is 0 Å². The summed E-state index contributed by atoms with van der Waals surface area (Å²) in [5.41, 5.74) is 6.67. The summed E-state index contributed by atoms with van der Waals surface area (Å²) in [5.74, 6) is -0.448. The van der Waals surface area contributed by atoms with E-state index < -0.39 is 11.8 Å². The van der Waals surface area contributed by atoms with E-state index in [0.29, 0.717) is 23.4 Å². The second-order valence-electron chi connectivity index (χ2n) is 5.98. The van der Waals surface area contributed by atoms with Crippen molar-refractivity contribution in [3.05, 3.63) is 59.7 Å². The van der Waals surface area contributed by atoms with Gasteiger partial charge in [-0.1, -0.05) is 24.6 Å². The van der Waals surface area contributed by atoms with Crippen LogP contribution in [0.5, 0.6) is 5.75 Å². The maximum absolute atomic E-state index is 12.0. The van der Waals surface area contributed by atoms with Crippen LogP contribution < -0.4 is 20.9 Å². The second kappa shape index (κ2) is 9.96. The third kappa shape index (κ3) is 6.81. The van der Waals surface area contributed by atoms with Crippen molar-refractivity contribution in [3.63, 3.8) is 0 Å². The highest BCUT2D eigenvalue weighted by molar-refractivity contribution is 5.96. The average Bonchev–Trinajstić information content (AvgIpc) is 2.66. The summed E-state index contributed by atoms with van der Waals surface area (Å²) >= 11 is 0. The molecule has 142 valence electrons. The number of benzene rings is 2. The number of carbonyl (C=O) groups excluding carboxylic acids is 3. The summed E-state index contributed by atoms with van der Waals surface area (Å²) in [6.45, 7) is 3.66. The number of hydrogen-bond donors (Lipinski definition) is 3. The van der Waals surface area contributed by atoms with Gasteiger partial charge in [-0.15, -0.1) is 0 Å². The Morgan fingerprint density at radius 1 is 0.889 bits per heavy atom. The molecule has 2 aromatic rings. The van der Waals surface area contributed by atoms with E-state index in [-0.39, 0.29) is 12.5 Å². The van der Waals surface area contributed by atoms with Gasteiger partial charge in [-0.3, -0.25) is 25.2 Å². The van der Waals surface area contributed by atoms with Crippen molar-refractivity contribution in [1.82, 2.24) is 10.9 Å². The van der Waals surface area contributed by atoms with Crippen LogP contribution in [-0.4, -0.2) is 24.3 Å². The Balaban J connectivity index is 1.76. The largest absolute Gasteiger partial charge is 0.484 e. The van der Waals surface area contributed by atoms with Gasteiger partial charge in [-0.05, 0) is 49.7 Å². The van der Waals surface area contributed by atoms with Crippen LogP contribution in [0, 0.1) is 6.92 Å². The summed E-state index contributed by atoms with van der Waals surface area (Å²) in [6, 6.07) is 13.7. The minimum absolute atomic E-state index is 0.0736. The highest BCUT2D eigenvalue weighted by Crippen LogP contribution is 2.11. The number of nitrogens with one attached hydrogen (secondary N) is 3. The molecule has 0 aliphatic carbocycles. The Hall–Kier alpha value is -3.35. The Bertz CT molecular complexity index is 786. The standard InChI is InChI=1S/C20H23N3O4/c1-3-4-18(24)21-16-9-7-15(8-10-16)20(26)23-22-19(25)13-27-17-11-5-14(2)6-12-17/h5-12H,3-4,13H2,1-2H3,(H,21,24)(H,22,25)(H,23,26). The van der Waals surface area contributed by atoms with Crippen molar-refractivity contribution >= 4 is 23.4 Å². The van der Waals surface area contributed by atoms with Crippen molar-refractivity contribution in [2.75, 3.05) is 11.9 Å². The monoisotopic (exact) mass is 369 g/mol. The van der Waals surface area contributed by atoms with Crippen molar-refractivity contribution in [2.45, 2.75) is 26.7 Å². The first kappa shape index (κ1) is 20.0. The van der Waals surface area contributed by atoms with E-state index in [1.807, 2.05) is 26.0 Å². The Morgan fingerprint density at radius 3 is 2.19 bits per heavy atom. The number of amides is 3. The lowest BCUT2D eigenvalue weighted by Crippen LogP contribution is -2.43. The second-order valence-corrected chi connectivity index (χ2v) is 5.98. The lowest BCUT2D eigenvalue weighted by Gasteiger charge is -2.09. The van der Waals surface area contributed by atoms with E-state index in [1.54, 1.807) is 36.4 Å². The predicted molar refractivity (Wildman–Crippen MR) is 102 cm³/mol. The van der Waals surface area contributed by atoms with Gasteiger partial charge in [0.2, 0.25) is 5.91 Å². The van der Waals surface area contributed by atoms with Gasteiger partial charge in [0.25, 0.3) is 11.8 Å². The molecule has 0 fully saturated rings. The molecule has 7 nitrogen and oxygen atoms in total. The molecule has 0 aliphatic rings. The van der Waals surface area contributed by atoms with Crippen LogP contribution in [0.2, 0.25) is 0 Å². The van der Waals surface area contributed by atoms with Crippen LogP contribution in [0.25, 0.3) is 0 Å². The van der Waals surface area contributed by atoms with E-state index in [9.17, 15) is 14.4 Å². The average molecular weight is 369 g/mol. The molecule has 0 saturated heterocycles. The molecule has 0 unspecified atom stereocenters. The molecule has 27 heavy (non-hydrogen) atoms. The molecule has 2 aromatic carbocycles. The lowest BCUT2D eigenvalue weighted by atomic mass is 10.2. The quantitative estimate of drug-likeness (QED) is 0.654. The Labute approximate surface area is 158 Å². The fourth-order valence-electron chi connectivity index (χ4n) is 2.17. The number of ether oxygens (including phenoxy) is 1. The van der Waals surface area contributed by atoms with Crippen LogP contribution in [0.3, 0.4) is 0 Å². The zero-order valence-corrected chi connectivity index (χ0v) is 15.4. The minimum atomic E-state index is -0.479. The number of carbonyl (C=O) groups is 3. The van der Waals surface area contributed by atoms with Crippen molar-refractivity contribution in [3.8, 4) is 5.75 Å². The number of hydrogen-bond acceptors (Lipinski definition) is 4. The summed E-state index contributed by atoms with van der Waals surface area (Å²) in [6.07, 6.45) is 1.21. The van der Waals surface area contributed by atoms with Gasteiger partial charge in [0.15, 0.2) is 6.61 Å². The van der Waals surface area contributed by atoms with E-state index >= 15 is 0 Å². The maximum Gasteiger partial charge on any atom is 0.276 e. The molecule has 0 aliphatic heterocycles. The molecule has 3 amide bonds. The van der Waals surface area contributed by atoms with Gasteiger partial charge in [0, 0.05) is 17.7 Å². The Kier molecular flexibility index (Phi) is 7.37.